The number of unbranched alkanes of at least 4 members (excludes halogenated alkanes) is 1. The van der Waals surface area contributed by atoms with Gasteiger partial charge in [-0.25, -0.2) is 0 Å². The van der Waals surface area contributed by atoms with Crippen molar-refractivity contribution in [1.29, 1.82) is 0 Å². The van der Waals surface area contributed by atoms with E-state index in [4.69, 9.17) is 33.0 Å². The van der Waals surface area contributed by atoms with Gasteiger partial charge >= 0.3 is 5.97 Å². The fraction of sp³-hybridized carbons (Fsp3) is 0.550. The number of aliphatic hydroxyl groups excluding tert-OH is 2. The molecule has 7 heteroatoms. The van der Waals surface area contributed by atoms with Crippen LogP contribution in [0.4, 0.5) is 0 Å². The first-order chi connectivity index (χ1) is 12.9. The van der Waals surface area contributed by atoms with Crippen molar-refractivity contribution in [2.24, 2.45) is 11.8 Å². The van der Waals surface area contributed by atoms with Gasteiger partial charge in [-0.05, 0) is 55.4 Å². The van der Waals surface area contributed by atoms with Crippen LogP contribution in [0, 0.1) is 11.8 Å². The molecular formula is C20H26Cl2O5. The summed E-state index contributed by atoms with van der Waals surface area (Å²) in [6.07, 6.45) is 6.16. The summed E-state index contributed by atoms with van der Waals surface area (Å²) in [4.78, 5) is 10.5. The molecule has 0 unspecified atom stereocenters. The molecule has 5 nitrogen and oxygen atoms in total. The number of carboxylic acids is 1. The third-order valence-electron chi connectivity index (χ3n) is 4.87. The normalized spacial score (nSPS) is 25.2. The number of carbonyl (C=O) groups is 1. The second kappa shape index (κ2) is 10.9. The minimum atomic E-state index is -0.786. The summed E-state index contributed by atoms with van der Waals surface area (Å²) >= 11 is 12.4. The van der Waals surface area contributed by atoms with Crippen LogP contribution in [-0.2, 0) is 11.4 Å². The lowest BCUT2D eigenvalue weighted by molar-refractivity contribution is -0.137. The summed E-state index contributed by atoms with van der Waals surface area (Å²) in [5.74, 6) is -0.257. The average Bonchev–Trinajstić information content (AvgIpc) is 2.88. The summed E-state index contributed by atoms with van der Waals surface area (Å²) in [5.41, 5.74) is 0.667. The van der Waals surface area contributed by atoms with Gasteiger partial charge in [-0.2, -0.15) is 0 Å². The third kappa shape index (κ3) is 7.00. The number of allylic oxidation sites excluding steroid dienone is 2. The van der Waals surface area contributed by atoms with Crippen LogP contribution in [0.2, 0.25) is 5.02 Å². The van der Waals surface area contributed by atoms with Crippen LogP contribution >= 0.6 is 23.2 Å². The number of benzene rings is 1. The molecule has 0 aromatic heterocycles. The van der Waals surface area contributed by atoms with Crippen molar-refractivity contribution in [1.82, 2.24) is 0 Å². The number of hydrogen-bond acceptors (Lipinski definition) is 4. The summed E-state index contributed by atoms with van der Waals surface area (Å²) in [5, 5.41) is 28.6. The molecular weight excluding hydrogens is 391 g/mol. The lowest BCUT2D eigenvalue weighted by Crippen LogP contribution is -2.27. The second-order valence-electron chi connectivity index (χ2n) is 6.90. The molecule has 4 atom stereocenters. The number of carboxylic acid groups (broad SMARTS) is 1. The van der Waals surface area contributed by atoms with Crippen molar-refractivity contribution in [2.75, 3.05) is 6.61 Å². The number of hydrogen-bond donors (Lipinski definition) is 3. The molecule has 0 saturated heterocycles. The number of alkyl halides is 1. The Balaban J connectivity index is 1.90. The smallest absolute Gasteiger partial charge is 0.303 e. The highest BCUT2D eigenvalue weighted by molar-refractivity contribution is 6.30. The van der Waals surface area contributed by atoms with E-state index in [1.54, 1.807) is 18.2 Å². The van der Waals surface area contributed by atoms with Crippen LogP contribution in [0.3, 0.4) is 0 Å². The van der Waals surface area contributed by atoms with Gasteiger partial charge in [0.2, 0.25) is 0 Å². The molecule has 1 aromatic rings. The Morgan fingerprint density at radius 3 is 2.74 bits per heavy atom. The molecule has 0 radical (unpaired) electrons. The zero-order chi connectivity index (χ0) is 19.8. The molecule has 2 rings (SSSR count). The number of halogens is 2. The van der Waals surface area contributed by atoms with E-state index in [9.17, 15) is 15.0 Å². The van der Waals surface area contributed by atoms with Crippen molar-refractivity contribution in [3.8, 4) is 5.75 Å². The Hall–Kier alpha value is -1.27. The minimum absolute atomic E-state index is 0.0777. The molecule has 1 saturated carbocycles. The lowest BCUT2D eigenvalue weighted by atomic mass is 9.92. The Morgan fingerprint density at radius 2 is 2.04 bits per heavy atom. The maximum Gasteiger partial charge on any atom is 0.303 e. The fourth-order valence-electron chi connectivity index (χ4n) is 3.42. The van der Waals surface area contributed by atoms with E-state index >= 15 is 0 Å². The van der Waals surface area contributed by atoms with Crippen molar-refractivity contribution < 1.29 is 24.9 Å². The van der Waals surface area contributed by atoms with E-state index < -0.39 is 12.1 Å². The van der Waals surface area contributed by atoms with Crippen LogP contribution in [0.5, 0.6) is 5.75 Å². The quantitative estimate of drug-likeness (QED) is 0.304. The molecule has 27 heavy (non-hydrogen) atoms. The number of aliphatic hydroxyl groups is 2. The first-order valence-corrected chi connectivity index (χ1v) is 9.94. The minimum Gasteiger partial charge on any atom is -0.493 e. The van der Waals surface area contributed by atoms with E-state index in [0.29, 0.717) is 48.6 Å². The molecule has 3 N–H and O–H groups in total. The maximum atomic E-state index is 10.5. The highest BCUT2D eigenvalue weighted by Gasteiger charge is 2.41. The van der Waals surface area contributed by atoms with Gasteiger partial charge in [0.1, 0.15) is 5.75 Å². The molecule has 1 aliphatic rings. The van der Waals surface area contributed by atoms with E-state index in [1.165, 1.54) is 0 Å². The predicted octanol–water partition coefficient (Wildman–Crippen LogP) is 4.02. The van der Waals surface area contributed by atoms with Gasteiger partial charge in [0.05, 0.1) is 19.3 Å². The van der Waals surface area contributed by atoms with Crippen LogP contribution in [0.25, 0.3) is 0 Å². The van der Waals surface area contributed by atoms with E-state index in [0.717, 1.165) is 0 Å². The Bertz CT molecular complexity index is 649. The third-order valence-corrected chi connectivity index (χ3v) is 5.59. The molecule has 1 fully saturated rings. The molecule has 1 aromatic carbocycles. The largest absolute Gasteiger partial charge is 0.493 e. The van der Waals surface area contributed by atoms with Gasteiger partial charge in [0, 0.05) is 22.7 Å². The van der Waals surface area contributed by atoms with Gasteiger partial charge in [-0.1, -0.05) is 23.8 Å². The zero-order valence-corrected chi connectivity index (χ0v) is 16.6. The Kier molecular flexibility index (Phi) is 8.90. The molecule has 0 aliphatic heterocycles. The molecule has 0 amide bonds. The Morgan fingerprint density at radius 1 is 1.26 bits per heavy atom. The van der Waals surface area contributed by atoms with Crippen molar-refractivity contribution in [2.45, 2.75) is 50.2 Å². The Labute approximate surface area is 169 Å². The van der Waals surface area contributed by atoms with E-state index in [2.05, 4.69) is 0 Å². The van der Waals surface area contributed by atoms with Gasteiger partial charge in [0.25, 0.3) is 0 Å². The summed E-state index contributed by atoms with van der Waals surface area (Å²) in [6.45, 7) is 0.190. The highest BCUT2D eigenvalue weighted by Crippen LogP contribution is 2.39. The van der Waals surface area contributed by atoms with Crippen LogP contribution in [-0.4, -0.2) is 39.4 Å². The number of rotatable bonds is 10. The zero-order valence-electron chi connectivity index (χ0n) is 15.1. The van der Waals surface area contributed by atoms with Crippen molar-refractivity contribution in [3.05, 3.63) is 40.9 Å². The molecule has 1 aliphatic carbocycles. The molecule has 0 heterocycles. The molecule has 0 spiro atoms. The van der Waals surface area contributed by atoms with E-state index in [1.807, 2.05) is 12.2 Å². The highest BCUT2D eigenvalue weighted by atomic mass is 35.5. The first kappa shape index (κ1) is 22.0. The standard InChI is InChI=1S/C20H26Cl2O5/c21-14-7-13(11-23)8-15(9-14)27-12-17-16(18(22)10-19(17)24)5-3-1-2-4-6-20(25)26/h1,3,7-9,16-19,23-24H,2,4-6,10-12H2,(H,25,26)/b3-1-/t16-,17+,18-,19-/m1/s1. The second-order valence-corrected chi connectivity index (χ2v) is 7.90. The van der Waals surface area contributed by atoms with Gasteiger partial charge in [-0.3, -0.25) is 4.79 Å². The van der Waals surface area contributed by atoms with Gasteiger partial charge < -0.3 is 20.1 Å². The van der Waals surface area contributed by atoms with Crippen LogP contribution in [0.1, 0.15) is 37.7 Å². The first-order valence-electron chi connectivity index (χ1n) is 9.12. The average molecular weight is 417 g/mol. The molecule has 0 bridgehead atoms. The summed E-state index contributed by atoms with van der Waals surface area (Å²) in [6, 6.07) is 5.08. The van der Waals surface area contributed by atoms with Crippen molar-refractivity contribution in [3.63, 3.8) is 0 Å². The fourth-order valence-corrected chi connectivity index (χ4v) is 4.14. The van der Waals surface area contributed by atoms with Crippen LogP contribution in [0.15, 0.2) is 30.4 Å². The number of ether oxygens (including phenoxy) is 1. The van der Waals surface area contributed by atoms with Gasteiger partial charge in [-0.15, -0.1) is 11.6 Å². The van der Waals surface area contributed by atoms with E-state index in [-0.39, 0.29) is 30.2 Å². The van der Waals surface area contributed by atoms with Crippen molar-refractivity contribution >= 4 is 29.2 Å². The summed E-state index contributed by atoms with van der Waals surface area (Å²) in [7, 11) is 0. The SMILES string of the molecule is O=C(O)CCC/C=C\C[C@@H]1[C@H](COc2cc(Cl)cc(CO)c2)[C@H](O)C[C@H]1Cl. The number of aliphatic carboxylic acids is 1. The predicted molar refractivity (Wildman–Crippen MR) is 105 cm³/mol. The maximum absolute atomic E-state index is 10.5. The monoisotopic (exact) mass is 416 g/mol. The topological polar surface area (TPSA) is 87.0 Å². The van der Waals surface area contributed by atoms with Crippen LogP contribution < -0.4 is 4.74 Å². The molecule has 150 valence electrons. The summed E-state index contributed by atoms with van der Waals surface area (Å²) < 4.78 is 5.83. The van der Waals surface area contributed by atoms with Gasteiger partial charge in [0.15, 0.2) is 0 Å². The lowest BCUT2D eigenvalue weighted by Gasteiger charge is -2.23.